The van der Waals surface area contributed by atoms with Gasteiger partial charge in [-0.05, 0) is 82.4 Å². The molecule has 1 aliphatic carbocycles. The Morgan fingerprint density at radius 2 is 1.93 bits per heavy atom. The number of hydrogen-bond acceptors (Lipinski definition) is 4. The molecule has 6 heteroatoms. The summed E-state index contributed by atoms with van der Waals surface area (Å²) in [6, 6.07) is 6.08. The van der Waals surface area contributed by atoms with Gasteiger partial charge in [0.2, 0.25) is 11.8 Å². The first kappa shape index (κ1) is 23.7. The van der Waals surface area contributed by atoms with E-state index in [1.807, 2.05) is 26.0 Å². The molecule has 2 amide bonds. The van der Waals surface area contributed by atoms with Gasteiger partial charge >= 0.3 is 0 Å². The third-order valence-corrected chi connectivity index (χ3v) is 6.18. The third kappa shape index (κ3) is 4.77. The molecule has 1 atom stereocenters. The van der Waals surface area contributed by atoms with E-state index >= 15 is 0 Å². The number of rotatable bonds is 8. The van der Waals surface area contributed by atoms with Crippen molar-refractivity contribution in [3.63, 3.8) is 0 Å². The highest BCUT2D eigenvalue weighted by molar-refractivity contribution is 6.09. The number of benzene rings is 1. The van der Waals surface area contributed by atoms with Gasteiger partial charge in [-0.3, -0.25) is 14.5 Å². The van der Waals surface area contributed by atoms with Crippen LogP contribution in [-0.4, -0.2) is 53.9 Å². The number of likely N-dealkylation sites (tertiary alicyclic amines) is 1. The van der Waals surface area contributed by atoms with Gasteiger partial charge in [-0.1, -0.05) is 19.9 Å². The molecule has 2 aliphatic rings. The fraction of sp³-hybridized carbons (Fsp3) is 0.652. The van der Waals surface area contributed by atoms with Crippen LogP contribution in [0.4, 0.5) is 0 Å². The molecule has 0 bridgehead atoms. The number of amides is 2. The highest BCUT2D eigenvalue weighted by atomic mass is 35.5. The van der Waals surface area contributed by atoms with Crippen molar-refractivity contribution in [2.75, 3.05) is 26.2 Å². The molecule has 1 fully saturated rings. The summed E-state index contributed by atoms with van der Waals surface area (Å²) in [7, 11) is 0. The van der Waals surface area contributed by atoms with Crippen LogP contribution in [0.1, 0.15) is 64.5 Å². The van der Waals surface area contributed by atoms with Gasteiger partial charge in [0.05, 0.1) is 11.5 Å². The first-order valence-electron chi connectivity index (χ1n) is 10.8. The van der Waals surface area contributed by atoms with E-state index in [2.05, 4.69) is 24.8 Å². The second-order valence-corrected chi connectivity index (χ2v) is 8.33. The number of ether oxygens (including phenoxy) is 1. The molecule has 0 saturated carbocycles. The average molecular weight is 423 g/mol. The second kappa shape index (κ2) is 9.94. The van der Waals surface area contributed by atoms with Crippen molar-refractivity contribution in [3.8, 4) is 5.75 Å². The van der Waals surface area contributed by atoms with Crippen LogP contribution in [0.2, 0.25) is 0 Å². The van der Waals surface area contributed by atoms with E-state index < -0.39 is 5.41 Å². The summed E-state index contributed by atoms with van der Waals surface area (Å²) in [5.41, 5.74) is 1.52. The summed E-state index contributed by atoms with van der Waals surface area (Å²) >= 11 is 0. The molecule has 3 rings (SSSR count). The standard InChI is InChI=1S/C23H34N2O3.ClH/c1-5-24(6-2)13-8-14-25-21(26)16-23(22(25)27)12-7-9-18-10-11-19(15-20(18)23)28-17(3)4;/h10-11,15,17H,5-9,12-14,16H2,1-4H3;1H. The molecule has 1 unspecified atom stereocenters. The fourth-order valence-corrected chi connectivity index (χ4v) is 4.70. The number of fused-ring (bicyclic) bond motifs is 2. The van der Waals surface area contributed by atoms with Crippen LogP contribution in [0.3, 0.4) is 0 Å². The molecular weight excluding hydrogens is 388 g/mol. The van der Waals surface area contributed by atoms with Crippen molar-refractivity contribution >= 4 is 24.2 Å². The van der Waals surface area contributed by atoms with E-state index in [1.165, 1.54) is 10.5 Å². The van der Waals surface area contributed by atoms with Crippen LogP contribution in [0.5, 0.6) is 5.75 Å². The molecule has 1 spiro atoms. The summed E-state index contributed by atoms with van der Waals surface area (Å²) in [6.45, 7) is 11.7. The number of hydrogen-bond donors (Lipinski definition) is 0. The summed E-state index contributed by atoms with van der Waals surface area (Å²) in [4.78, 5) is 30.1. The maximum atomic E-state index is 13.5. The number of halogens is 1. The van der Waals surface area contributed by atoms with Crippen LogP contribution < -0.4 is 4.74 Å². The lowest BCUT2D eigenvalue weighted by atomic mass is 9.69. The molecule has 1 saturated heterocycles. The minimum Gasteiger partial charge on any atom is -0.491 e. The van der Waals surface area contributed by atoms with Crippen LogP contribution in [-0.2, 0) is 21.4 Å². The quantitative estimate of drug-likeness (QED) is 0.595. The first-order valence-corrected chi connectivity index (χ1v) is 10.8. The Morgan fingerprint density at radius 1 is 1.21 bits per heavy atom. The SMILES string of the molecule is CCN(CC)CCCN1C(=O)CC2(CCCc3ccc(OC(C)C)cc32)C1=O.Cl. The molecule has 1 aromatic carbocycles. The van der Waals surface area contributed by atoms with Crippen LogP contribution in [0, 0.1) is 0 Å². The summed E-state index contributed by atoms with van der Waals surface area (Å²) in [5, 5.41) is 0. The molecular formula is C23H35ClN2O3. The zero-order valence-electron chi connectivity index (χ0n) is 18.2. The monoisotopic (exact) mass is 422 g/mol. The molecule has 29 heavy (non-hydrogen) atoms. The third-order valence-electron chi connectivity index (χ3n) is 6.18. The van der Waals surface area contributed by atoms with Gasteiger partial charge in [-0.25, -0.2) is 0 Å². The van der Waals surface area contributed by atoms with Crippen LogP contribution >= 0.6 is 12.4 Å². The number of aryl methyl sites for hydroxylation is 1. The molecule has 0 aromatic heterocycles. The predicted octanol–water partition coefficient (Wildman–Crippen LogP) is 3.96. The van der Waals surface area contributed by atoms with E-state index in [-0.39, 0.29) is 30.3 Å². The second-order valence-electron chi connectivity index (χ2n) is 8.33. The number of carbonyl (C=O) groups is 2. The maximum Gasteiger partial charge on any atom is 0.240 e. The molecule has 1 aliphatic heterocycles. The largest absolute Gasteiger partial charge is 0.491 e. The summed E-state index contributed by atoms with van der Waals surface area (Å²) in [6.07, 6.45) is 3.87. The highest BCUT2D eigenvalue weighted by Crippen LogP contribution is 2.46. The lowest BCUT2D eigenvalue weighted by Crippen LogP contribution is -2.41. The topological polar surface area (TPSA) is 49.9 Å². The van der Waals surface area contributed by atoms with E-state index in [9.17, 15) is 9.59 Å². The van der Waals surface area contributed by atoms with E-state index in [0.717, 1.165) is 56.6 Å². The molecule has 162 valence electrons. The van der Waals surface area contributed by atoms with Crippen molar-refractivity contribution in [1.29, 1.82) is 0 Å². The fourth-order valence-electron chi connectivity index (χ4n) is 4.70. The van der Waals surface area contributed by atoms with Gasteiger partial charge in [0.15, 0.2) is 0 Å². The van der Waals surface area contributed by atoms with E-state index in [4.69, 9.17) is 4.74 Å². The zero-order chi connectivity index (χ0) is 20.3. The Kier molecular flexibility index (Phi) is 8.12. The van der Waals surface area contributed by atoms with Gasteiger partial charge < -0.3 is 9.64 Å². The number of imide groups is 1. The Morgan fingerprint density at radius 3 is 2.59 bits per heavy atom. The Hall–Kier alpha value is -1.59. The van der Waals surface area contributed by atoms with Gasteiger partial charge in [-0.2, -0.15) is 0 Å². The molecule has 1 heterocycles. The number of nitrogens with zero attached hydrogens (tertiary/aromatic N) is 2. The predicted molar refractivity (Wildman–Crippen MR) is 118 cm³/mol. The molecule has 0 radical (unpaired) electrons. The minimum absolute atomic E-state index is 0. The van der Waals surface area contributed by atoms with Crippen molar-refractivity contribution in [2.45, 2.75) is 71.3 Å². The summed E-state index contributed by atoms with van der Waals surface area (Å²) < 4.78 is 5.87. The van der Waals surface area contributed by atoms with Crippen molar-refractivity contribution in [1.82, 2.24) is 9.80 Å². The Bertz CT molecular complexity index is 733. The van der Waals surface area contributed by atoms with Crippen LogP contribution in [0.15, 0.2) is 18.2 Å². The number of carbonyl (C=O) groups excluding carboxylic acids is 2. The van der Waals surface area contributed by atoms with Crippen LogP contribution in [0.25, 0.3) is 0 Å². The Balaban J connectivity index is 0.00000300. The first-order chi connectivity index (χ1) is 13.4. The van der Waals surface area contributed by atoms with Crippen molar-refractivity contribution < 1.29 is 14.3 Å². The normalized spacial score (nSPS) is 21.1. The van der Waals surface area contributed by atoms with Gasteiger partial charge in [0, 0.05) is 13.0 Å². The van der Waals surface area contributed by atoms with E-state index in [0.29, 0.717) is 13.0 Å². The lowest BCUT2D eigenvalue weighted by molar-refractivity contribution is -0.140. The maximum absolute atomic E-state index is 13.5. The van der Waals surface area contributed by atoms with Crippen molar-refractivity contribution in [2.24, 2.45) is 0 Å². The molecule has 1 aromatic rings. The molecule has 0 N–H and O–H groups in total. The molecule has 5 nitrogen and oxygen atoms in total. The van der Waals surface area contributed by atoms with Gasteiger partial charge in [-0.15, -0.1) is 12.4 Å². The van der Waals surface area contributed by atoms with Crippen molar-refractivity contribution in [3.05, 3.63) is 29.3 Å². The average Bonchev–Trinajstić information content (AvgIpc) is 2.90. The minimum atomic E-state index is -0.684. The Labute approximate surface area is 181 Å². The van der Waals surface area contributed by atoms with Gasteiger partial charge in [0.1, 0.15) is 5.75 Å². The highest BCUT2D eigenvalue weighted by Gasteiger charge is 2.53. The smallest absolute Gasteiger partial charge is 0.240 e. The zero-order valence-corrected chi connectivity index (χ0v) is 19.0. The van der Waals surface area contributed by atoms with E-state index in [1.54, 1.807) is 0 Å². The summed E-state index contributed by atoms with van der Waals surface area (Å²) in [5.74, 6) is 0.766. The lowest BCUT2D eigenvalue weighted by Gasteiger charge is -2.34. The van der Waals surface area contributed by atoms with Gasteiger partial charge in [0.25, 0.3) is 0 Å².